The SMILES string of the molecule is CC(=O)OCC(OC(C)=O)c1cc(Br)cc(C(F)(F)F)c1. The molecular formula is C13H12BrF3O4. The van der Waals surface area contributed by atoms with Gasteiger partial charge in [-0.1, -0.05) is 15.9 Å². The molecule has 0 aliphatic rings. The molecule has 0 spiro atoms. The second-order valence-electron chi connectivity index (χ2n) is 4.17. The lowest BCUT2D eigenvalue weighted by Crippen LogP contribution is -2.17. The summed E-state index contributed by atoms with van der Waals surface area (Å²) in [6, 6.07) is 3.12. The molecule has 116 valence electrons. The molecule has 0 fully saturated rings. The molecule has 0 aliphatic heterocycles. The van der Waals surface area contributed by atoms with Gasteiger partial charge in [-0.05, 0) is 23.8 Å². The van der Waals surface area contributed by atoms with Gasteiger partial charge in [0, 0.05) is 18.3 Å². The largest absolute Gasteiger partial charge is 0.462 e. The molecule has 0 amide bonds. The van der Waals surface area contributed by atoms with E-state index in [0.717, 1.165) is 26.0 Å². The molecular weight excluding hydrogens is 357 g/mol. The van der Waals surface area contributed by atoms with Crippen LogP contribution in [0.15, 0.2) is 22.7 Å². The average molecular weight is 369 g/mol. The molecule has 1 aromatic rings. The van der Waals surface area contributed by atoms with Crippen molar-refractivity contribution in [3.63, 3.8) is 0 Å². The molecule has 0 radical (unpaired) electrons. The van der Waals surface area contributed by atoms with Gasteiger partial charge in [0.1, 0.15) is 6.61 Å². The summed E-state index contributed by atoms with van der Waals surface area (Å²) >= 11 is 2.97. The molecule has 21 heavy (non-hydrogen) atoms. The van der Waals surface area contributed by atoms with Crippen molar-refractivity contribution in [2.75, 3.05) is 6.61 Å². The first-order valence-electron chi connectivity index (χ1n) is 5.78. The van der Waals surface area contributed by atoms with Crippen LogP contribution in [0.2, 0.25) is 0 Å². The van der Waals surface area contributed by atoms with Crippen LogP contribution >= 0.6 is 15.9 Å². The molecule has 0 heterocycles. The second kappa shape index (κ2) is 6.93. The fourth-order valence-electron chi connectivity index (χ4n) is 1.55. The molecule has 8 heteroatoms. The first kappa shape index (κ1) is 17.5. The number of benzene rings is 1. The van der Waals surface area contributed by atoms with Crippen molar-refractivity contribution >= 4 is 27.9 Å². The van der Waals surface area contributed by atoms with E-state index >= 15 is 0 Å². The molecule has 0 bridgehead atoms. The van der Waals surface area contributed by atoms with Gasteiger partial charge < -0.3 is 9.47 Å². The van der Waals surface area contributed by atoms with Gasteiger partial charge in [0.2, 0.25) is 0 Å². The Bertz CT molecular complexity index is 543. The van der Waals surface area contributed by atoms with E-state index in [1.807, 2.05) is 0 Å². The summed E-state index contributed by atoms with van der Waals surface area (Å²) < 4.78 is 48.1. The van der Waals surface area contributed by atoms with Crippen LogP contribution in [-0.4, -0.2) is 18.5 Å². The van der Waals surface area contributed by atoms with Gasteiger partial charge in [0.05, 0.1) is 5.56 Å². The molecule has 4 nitrogen and oxygen atoms in total. The lowest BCUT2D eigenvalue weighted by atomic mass is 10.1. The minimum absolute atomic E-state index is 0.0770. The molecule has 1 rings (SSSR count). The normalized spacial score (nSPS) is 12.7. The number of esters is 2. The van der Waals surface area contributed by atoms with Gasteiger partial charge in [-0.2, -0.15) is 13.2 Å². The highest BCUT2D eigenvalue weighted by atomic mass is 79.9. The molecule has 0 aromatic heterocycles. The van der Waals surface area contributed by atoms with Crippen molar-refractivity contribution < 1.29 is 32.2 Å². The highest BCUT2D eigenvalue weighted by Gasteiger charge is 2.32. The molecule has 0 N–H and O–H groups in total. The quantitative estimate of drug-likeness (QED) is 0.761. The van der Waals surface area contributed by atoms with Crippen LogP contribution in [0.5, 0.6) is 0 Å². The van der Waals surface area contributed by atoms with Crippen LogP contribution in [-0.2, 0) is 25.2 Å². The number of ether oxygens (including phenoxy) is 2. The first-order valence-corrected chi connectivity index (χ1v) is 6.57. The number of halogens is 4. The van der Waals surface area contributed by atoms with E-state index < -0.39 is 29.8 Å². The standard InChI is InChI=1S/C13H12BrF3O4/c1-7(18)20-6-12(21-8(2)19)9-3-10(13(15,16)17)5-11(14)4-9/h3-5,12H,6H2,1-2H3. The summed E-state index contributed by atoms with van der Waals surface area (Å²) in [5.41, 5.74) is -0.819. The smallest absolute Gasteiger partial charge is 0.416 e. The average Bonchev–Trinajstić information content (AvgIpc) is 2.32. The number of carbonyl (C=O) groups is 2. The van der Waals surface area contributed by atoms with Crippen molar-refractivity contribution in [1.82, 2.24) is 0 Å². The predicted molar refractivity (Wildman–Crippen MR) is 70.3 cm³/mol. The van der Waals surface area contributed by atoms with Crippen molar-refractivity contribution in [3.8, 4) is 0 Å². The van der Waals surface area contributed by atoms with Gasteiger partial charge in [-0.3, -0.25) is 9.59 Å². The molecule has 1 atom stereocenters. The van der Waals surface area contributed by atoms with Crippen molar-refractivity contribution in [3.05, 3.63) is 33.8 Å². The molecule has 0 saturated carbocycles. The highest BCUT2D eigenvalue weighted by molar-refractivity contribution is 9.10. The lowest BCUT2D eigenvalue weighted by Gasteiger charge is -2.19. The fraction of sp³-hybridized carbons (Fsp3) is 0.385. The van der Waals surface area contributed by atoms with Crippen LogP contribution in [0.3, 0.4) is 0 Å². The maximum atomic E-state index is 12.8. The fourth-order valence-corrected chi connectivity index (χ4v) is 2.06. The molecule has 1 aromatic carbocycles. The Morgan fingerprint density at radius 2 is 1.81 bits per heavy atom. The summed E-state index contributed by atoms with van der Waals surface area (Å²) in [6.07, 6.45) is -5.65. The Kier molecular flexibility index (Phi) is 5.77. The minimum Gasteiger partial charge on any atom is -0.462 e. The van der Waals surface area contributed by atoms with Gasteiger partial charge in [-0.15, -0.1) is 0 Å². The summed E-state index contributed by atoms with van der Waals surface area (Å²) in [5, 5.41) is 0. The Hall–Kier alpha value is -1.57. The first-order chi connectivity index (χ1) is 9.59. The third-order valence-corrected chi connectivity index (χ3v) is 2.82. The zero-order chi connectivity index (χ0) is 16.2. The zero-order valence-electron chi connectivity index (χ0n) is 11.2. The van der Waals surface area contributed by atoms with Crippen molar-refractivity contribution in [2.24, 2.45) is 0 Å². The number of rotatable bonds is 4. The lowest BCUT2D eigenvalue weighted by molar-refractivity contribution is -0.156. The van der Waals surface area contributed by atoms with E-state index in [4.69, 9.17) is 9.47 Å². The summed E-state index contributed by atoms with van der Waals surface area (Å²) in [5.74, 6) is -1.32. The van der Waals surface area contributed by atoms with Gasteiger partial charge in [0.25, 0.3) is 0 Å². The van der Waals surface area contributed by atoms with Crippen molar-refractivity contribution in [2.45, 2.75) is 26.1 Å². The van der Waals surface area contributed by atoms with E-state index in [9.17, 15) is 22.8 Å². The van der Waals surface area contributed by atoms with Crippen LogP contribution < -0.4 is 0 Å². The molecule has 0 saturated heterocycles. The number of hydrogen-bond acceptors (Lipinski definition) is 4. The third kappa shape index (κ3) is 5.74. The van der Waals surface area contributed by atoms with Gasteiger partial charge in [0.15, 0.2) is 6.10 Å². The summed E-state index contributed by atoms with van der Waals surface area (Å²) in [7, 11) is 0. The third-order valence-electron chi connectivity index (χ3n) is 2.37. The minimum atomic E-state index is -4.54. The Labute approximate surface area is 127 Å². The Balaban J connectivity index is 3.13. The van der Waals surface area contributed by atoms with Crippen molar-refractivity contribution in [1.29, 1.82) is 0 Å². The Morgan fingerprint density at radius 3 is 2.29 bits per heavy atom. The van der Waals surface area contributed by atoms with Crippen LogP contribution in [0.1, 0.15) is 31.1 Å². The van der Waals surface area contributed by atoms with Crippen LogP contribution in [0, 0.1) is 0 Å². The predicted octanol–water partition coefficient (Wildman–Crippen LogP) is 3.64. The second-order valence-corrected chi connectivity index (χ2v) is 5.09. The maximum Gasteiger partial charge on any atom is 0.416 e. The zero-order valence-corrected chi connectivity index (χ0v) is 12.7. The summed E-state index contributed by atoms with van der Waals surface area (Å²) in [4.78, 5) is 21.8. The number of alkyl halides is 3. The topological polar surface area (TPSA) is 52.6 Å². The summed E-state index contributed by atoms with van der Waals surface area (Å²) in [6.45, 7) is 1.90. The monoisotopic (exact) mass is 368 g/mol. The number of hydrogen-bond donors (Lipinski definition) is 0. The van der Waals surface area contributed by atoms with E-state index in [0.29, 0.717) is 0 Å². The maximum absolute atomic E-state index is 12.8. The van der Waals surface area contributed by atoms with Gasteiger partial charge >= 0.3 is 18.1 Å². The highest BCUT2D eigenvalue weighted by Crippen LogP contribution is 2.34. The van der Waals surface area contributed by atoms with E-state index in [1.54, 1.807) is 0 Å². The van der Waals surface area contributed by atoms with E-state index in [1.165, 1.54) is 6.07 Å². The molecule has 0 aliphatic carbocycles. The van der Waals surface area contributed by atoms with E-state index in [-0.39, 0.29) is 16.6 Å². The van der Waals surface area contributed by atoms with Crippen LogP contribution in [0.4, 0.5) is 13.2 Å². The Morgan fingerprint density at radius 1 is 1.19 bits per heavy atom. The molecule has 1 unspecified atom stereocenters. The number of carbonyl (C=O) groups excluding carboxylic acids is 2. The van der Waals surface area contributed by atoms with Crippen LogP contribution in [0.25, 0.3) is 0 Å². The van der Waals surface area contributed by atoms with E-state index in [2.05, 4.69) is 15.9 Å². The van der Waals surface area contributed by atoms with Gasteiger partial charge in [-0.25, -0.2) is 0 Å².